The summed E-state index contributed by atoms with van der Waals surface area (Å²) in [4.78, 5) is 11.7. The predicted molar refractivity (Wildman–Crippen MR) is 145 cm³/mol. The number of nitrogens with zero attached hydrogens (tertiary/aromatic N) is 3. The maximum Gasteiger partial charge on any atom is 0.0914 e. The molecule has 6 nitrogen and oxygen atoms in total. The van der Waals surface area contributed by atoms with E-state index in [1.165, 1.54) is 0 Å². The van der Waals surface area contributed by atoms with Gasteiger partial charge in [-0.15, -0.1) is 0 Å². The predicted octanol–water partition coefficient (Wildman–Crippen LogP) is 5.32. The number of para-hydroxylation sites is 2. The molecule has 0 radical (unpaired) electrons. The fraction of sp³-hybridized carbons (Fsp3) is 0.172. The van der Waals surface area contributed by atoms with Gasteiger partial charge in [-0.1, -0.05) is 36.4 Å². The minimum atomic E-state index is -0.000151. The van der Waals surface area contributed by atoms with Gasteiger partial charge in [0.05, 0.1) is 36.0 Å². The molecule has 0 bridgehead atoms. The molecule has 0 aliphatic heterocycles. The van der Waals surface area contributed by atoms with Gasteiger partial charge in [0, 0.05) is 30.2 Å². The number of anilines is 2. The van der Waals surface area contributed by atoms with E-state index >= 15 is 0 Å². The lowest BCUT2D eigenvalue weighted by Gasteiger charge is -2.26. The minimum absolute atomic E-state index is 0.000151. The van der Waals surface area contributed by atoms with Gasteiger partial charge in [0.25, 0.3) is 0 Å². The Balaban J connectivity index is 1.66. The summed E-state index contributed by atoms with van der Waals surface area (Å²) in [6.07, 6.45) is 5.85. The molecule has 35 heavy (non-hydrogen) atoms. The Morgan fingerprint density at radius 3 is 2.09 bits per heavy atom. The van der Waals surface area contributed by atoms with Crippen molar-refractivity contribution in [1.82, 2.24) is 4.90 Å². The van der Waals surface area contributed by atoms with Crippen molar-refractivity contribution in [2.75, 3.05) is 31.6 Å². The van der Waals surface area contributed by atoms with Gasteiger partial charge in [-0.2, -0.15) is 0 Å². The van der Waals surface area contributed by atoms with Gasteiger partial charge in [-0.05, 0) is 73.2 Å². The molecule has 3 N–H and O–H groups in total. The third-order valence-electron chi connectivity index (χ3n) is 5.57. The molecule has 178 valence electrons. The van der Waals surface area contributed by atoms with Gasteiger partial charge in [0.15, 0.2) is 0 Å². The third kappa shape index (κ3) is 6.53. The van der Waals surface area contributed by atoms with Crippen molar-refractivity contribution in [1.29, 1.82) is 0 Å². The summed E-state index contributed by atoms with van der Waals surface area (Å²) >= 11 is 0. The van der Waals surface area contributed by atoms with Crippen LogP contribution in [0, 0.1) is 6.92 Å². The zero-order valence-electron chi connectivity index (χ0n) is 19.8. The van der Waals surface area contributed by atoms with Gasteiger partial charge in [-0.3, -0.25) is 0 Å². The average Bonchev–Trinajstić information content (AvgIpc) is 2.88. The Bertz CT molecular complexity index is 1240. The molecule has 0 aromatic heterocycles. The summed E-state index contributed by atoms with van der Waals surface area (Å²) in [6.45, 7) is 2.90. The van der Waals surface area contributed by atoms with Gasteiger partial charge in [-0.25, -0.2) is 9.98 Å². The van der Waals surface area contributed by atoms with E-state index in [4.69, 9.17) is 9.98 Å². The van der Waals surface area contributed by atoms with Crippen LogP contribution < -0.4 is 5.32 Å². The van der Waals surface area contributed by atoms with Crippen LogP contribution in [-0.4, -0.2) is 52.8 Å². The van der Waals surface area contributed by atoms with Crippen LogP contribution in [0.5, 0.6) is 0 Å². The molecular weight excluding hydrogens is 436 g/mol. The summed E-state index contributed by atoms with van der Waals surface area (Å²) < 4.78 is 0. The molecule has 0 amide bonds. The zero-order valence-corrected chi connectivity index (χ0v) is 19.8. The molecule has 0 spiro atoms. The van der Waals surface area contributed by atoms with Crippen LogP contribution in [0.4, 0.5) is 22.7 Å². The van der Waals surface area contributed by atoms with Crippen LogP contribution in [0.25, 0.3) is 0 Å². The van der Waals surface area contributed by atoms with Crippen molar-refractivity contribution in [2.45, 2.75) is 6.92 Å². The molecule has 6 heteroatoms. The van der Waals surface area contributed by atoms with Gasteiger partial charge in [0.1, 0.15) is 0 Å². The summed E-state index contributed by atoms with van der Waals surface area (Å²) in [7, 11) is 0. The first-order valence-electron chi connectivity index (χ1n) is 11.7. The Hall–Kier alpha value is -4.00. The number of rotatable bonds is 9. The maximum absolute atomic E-state index is 9.45. The fourth-order valence-corrected chi connectivity index (χ4v) is 3.82. The second kappa shape index (κ2) is 11.9. The number of hydrogen-bond acceptors (Lipinski definition) is 6. The van der Waals surface area contributed by atoms with Crippen molar-refractivity contribution < 1.29 is 10.2 Å². The molecule has 1 aliphatic rings. The lowest BCUT2D eigenvalue weighted by atomic mass is 10.1. The van der Waals surface area contributed by atoms with Crippen molar-refractivity contribution in [3.63, 3.8) is 0 Å². The second-order valence-electron chi connectivity index (χ2n) is 8.16. The largest absolute Gasteiger partial charge is 0.395 e. The highest BCUT2D eigenvalue weighted by Crippen LogP contribution is 2.26. The number of aryl methyl sites for hydroxylation is 1. The van der Waals surface area contributed by atoms with Gasteiger partial charge >= 0.3 is 0 Å². The van der Waals surface area contributed by atoms with Crippen molar-refractivity contribution >= 4 is 34.2 Å². The summed E-state index contributed by atoms with van der Waals surface area (Å²) in [6, 6.07) is 25.9. The molecular formula is C29H30N4O2. The Kier molecular flexibility index (Phi) is 8.22. The van der Waals surface area contributed by atoms with Crippen LogP contribution in [0.15, 0.2) is 113 Å². The normalized spacial score (nSPS) is 15.3. The molecule has 3 aromatic rings. The molecule has 0 atom stereocenters. The maximum atomic E-state index is 9.45. The molecule has 0 unspecified atom stereocenters. The number of aliphatic hydroxyl groups is 2. The van der Waals surface area contributed by atoms with E-state index in [1.54, 1.807) is 0 Å². The molecule has 0 fully saturated rings. The van der Waals surface area contributed by atoms with Gasteiger partial charge < -0.3 is 20.4 Å². The van der Waals surface area contributed by atoms with Crippen LogP contribution in [-0.2, 0) is 0 Å². The molecule has 3 aromatic carbocycles. The monoisotopic (exact) mass is 466 g/mol. The number of allylic oxidation sites excluding steroid dienone is 3. The Morgan fingerprint density at radius 2 is 1.43 bits per heavy atom. The topological polar surface area (TPSA) is 80.5 Å². The quantitative estimate of drug-likeness (QED) is 0.373. The van der Waals surface area contributed by atoms with Crippen LogP contribution in [0.1, 0.15) is 5.56 Å². The lowest BCUT2D eigenvalue weighted by Crippen LogP contribution is -2.31. The third-order valence-corrected chi connectivity index (χ3v) is 5.57. The van der Waals surface area contributed by atoms with Gasteiger partial charge in [0.2, 0.25) is 0 Å². The van der Waals surface area contributed by atoms with Crippen LogP contribution in [0.2, 0.25) is 0 Å². The molecule has 0 heterocycles. The number of aliphatic imine (C=N–C) groups is 2. The molecule has 0 saturated heterocycles. The van der Waals surface area contributed by atoms with E-state index in [2.05, 4.69) is 11.4 Å². The standard InChI is InChI=1S/C29H30N4O2/c1-22-20-25(30-23-8-4-2-5-9-23)12-14-27(22)32-28-15-13-26(33(16-18-34)17-19-35)21-29(28)31-24-10-6-3-7-11-24/h2-15,20-21,30,34-35H,16-19H2,1H3/b31-29+,32-28-. The molecule has 0 saturated carbocycles. The van der Waals surface area contributed by atoms with E-state index in [0.717, 1.165) is 45.4 Å². The fourth-order valence-electron chi connectivity index (χ4n) is 3.82. The highest BCUT2D eigenvalue weighted by atomic mass is 16.3. The highest BCUT2D eigenvalue weighted by Gasteiger charge is 2.16. The smallest absolute Gasteiger partial charge is 0.0914 e. The number of hydrogen-bond donors (Lipinski definition) is 3. The van der Waals surface area contributed by atoms with Crippen molar-refractivity contribution in [3.8, 4) is 0 Å². The lowest BCUT2D eigenvalue weighted by molar-refractivity contribution is 0.192. The SMILES string of the molecule is Cc1cc(Nc2ccccc2)ccc1/N=C1/C=CC(N(CCO)CCO)=C/C1=N\c1ccccc1. The average molecular weight is 467 g/mol. The summed E-state index contributed by atoms with van der Waals surface area (Å²) in [5.74, 6) is 0. The first-order chi connectivity index (χ1) is 17.2. The number of nitrogens with one attached hydrogen (secondary N) is 1. The van der Waals surface area contributed by atoms with Crippen molar-refractivity contribution in [3.05, 3.63) is 108 Å². The van der Waals surface area contributed by atoms with E-state index < -0.39 is 0 Å². The second-order valence-corrected chi connectivity index (χ2v) is 8.16. The van der Waals surface area contributed by atoms with E-state index in [1.807, 2.05) is 103 Å². The van der Waals surface area contributed by atoms with Crippen LogP contribution >= 0.6 is 0 Å². The number of aliphatic hydroxyl groups excluding tert-OH is 2. The first kappa shape index (κ1) is 24.1. The first-order valence-corrected chi connectivity index (χ1v) is 11.7. The van der Waals surface area contributed by atoms with Crippen molar-refractivity contribution in [2.24, 2.45) is 9.98 Å². The Morgan fingerprint density at radius 1 is 0.743 bits per heavy atom. The van der Waals surface area contributed by atoms with E-state index in [-0.39, 0.29) is 13.2 Å². The number of benzene rings is 3. The zero-order chi connectivity index (χ0) is 24.5. The minimum Gasteiger partial charge on any atom is -0.395 e. The molecule has 1 aliphatic carbocycles. The highest BCUT2D eigenvalue weighted by molar-refractivity contribution is 6.52. The van der Waals surface area contributed by atoms with E-state index in [9.17, 15) is 10.2 Å². The van der Waals surface area contributed by atoms with E-state index in [0.29, 0.717) is 13.1 Å². The molecule has 4 rings (SSSR count). The summed E-state index contributed by atoms with van der Waals surface area (Å²) in [5.41, 5.74) is 7.12. The van der Waals surface area contributed by atoms with Crippen LogP contribution in [0.3, 0.4) is 0 Å². The Labute approximate surface area is 206 Å². The summed E-state index contributed by atoms with van der Waals surface area (Å²) in [5, 5.41) is 22.3.